The minimum Gasteiger partial charge on any atom is -0.493 e. The second-order valence-electron chi connectivity index (χ2n) is 6.61. The van der Waals surface area contributed by atoms with Crippen molar-refractivity contribution in [2.75, 3.05) is 12.4 Å². The topological polar surface area (TPSA) is 92.7 Å². The van der Waals surface area contributed by atoms with Gasteiger partial charge in [-0.25, -0.2) is 18.3 Å². The second kappa shape index (κ2) is 9.51. The Morgan fingerprint density at radius 3 is 2.07 bits per heavy atom. The molecule has 0 spiro atoms. The van der Waals surface area contributed by atoms with Gasteiger partial charge in [0.05, 0.1) is 16.6 Å². The van der Waals surface area contributed by atoms with Crippen LogP contribution in [0, 0.1) is 11.7 Å². The smallest absolute Gasteiger partial charge is 0.250 e. The lowest BCUT2D eigenvalue weighted by molar-refractivity contribution is -0.133. The number of halogens is 1. The zero-order valence-corrected chi connectivity index (χ0v) is 16.7. The van der Waals surface area contributed by atoms with Gasteiger partial charge in [0.2, 0.25) is 0 Å². The number of benzene rings is 3. The van der Waals surface area contributed by atoms with Crippen molar-refractivity contribution in [3.63, 3.8) is 0 Å². The number of hydrogen-bond donors (Lipinski definition) is 2. The maximum Gasteiger partial charge on any atom is 0.250 e. The van der Waals surface area contributed by atoms with E-state index in [1.165, 1.54) is 29.7 Å². The standard InChI is InChI=1S/C22H20FNO5S/c23-19-10-6-16(7-11-19)17-8-12-21(13-9-17)30(27,28)15-18(22(25)24-26)14-29-20-4-2-1-3-5-20/h1-13,18,26H,14-15H2,(H,24,25). The molecule has 0 saturated heterocycles. The highest BCUT2D eigenvalue weighted by Gasteiger charge is 2.27. The van der Waals surface area contributed by atoms with E-state index in [4.69, 9.17) is 9.94 Å². The molecule has 0 saturated carbocycles. The Bertz CT molecular complexity index is 1080. The van der Waals surface area contributed by atoms with E-state index >= 15 is 0 Å². The molecule has 0 aliphatic carbocycles. The van der Waals surface area contributed by atoms with Crippen LogP contribution < -0.4 is 10.2 Å². The van der Waals surface area contributed by atoms with Crippen LogP contribution in [0.4, 0.5) is 4.39 Å². The molecule has 3 rings (SSSR count). The van der Waals surface area contributed by atoms with Gasteiger partial charge in [0.25, 0.3) is 5.91 Å². The van der Waals surface area contributed by atoms with Crippen LogP contribution in [-0.2, 0) is 14.6 Å². The third-order valence-corrected chi connectivity index (χ3v) is 6.32. The van der Waals surface area contributed by atoms with Crippen LogP contribution in [0.2, 0.25) is 0 Å². The SMILES string of the molecule is O=C(NO)C(COc1ccccc1)CS(=O)(=O)c1ccc(-c2ccc(F)cc2)cc1. The van der Waals surface area contributed by atoms with E-state index in [0.29, 0.717) is 5.75 Å². The molecule has 0 bridgehead atoms. The fourth-order valence-corrected chi connectivity index (χ4v) is 4.38. The van der Waals surface area contributed by atoms with Gasteiger partial charge in [-0.05, 0) is 47.5 Å². The van der Waals surface area contributed by atoms with Crippen LogP contribution >= 0.6 is 0 Å². The molecule has 3 aromatic carbocycles. The number of sulfone groups is 1. The van der Waals surface area contributed by atoms with Gasteiger partial charge in [0.1, 0.15) is 18.2 Å². The van der Waals surface area contributed by atoms with Crippen molar-refractivity contribution < 1.29 is 27.5 Å². The van der Waals surface area contributed by atoms with E-state index in [0.717, 1.165) is 11.1 Å². The van der Waals surface area contributed by atoms with Crippen LogP contribution in [0.15, 0.2) is 83.8 Å². The number of ether oxygens (including phenoxy) is 1. The predicted molar refractivity (Wildman–Crippen MR) is 109 cm³/mol. The van der Waals surface area contributed by atoms with Crippen molar-refractivity contribution in [2.24, 2.45) is 5.92 Å². The third kappa shape index (κ3) is 5.43. The van der Waals surface area contributed by atoms with Crippen molar-refractivity contribution in [1.29, 1.82) is 0 Å². The van der Waals surface area contributed by atoms with Gasteiger partial charge in [-0.15, -0.1) is 0 Å². The average Bonchev–Trinajstić information content (AvgIpc) is 2.77. The molecule has 0 fully saturated rings. The minimum atomic E-state index is -3.84. The summed E-state index contributed by atoms with van der Waals surface area (Å²) in [6, 6.07) is 20.6. The summed E-state index contributed by atoms with van der Waals surface area (Å²) < 4.78 is 44.2. The quantitative estimate of drug-likeness (QED) is 0.423. The first-order chi connectivity index (χ1) is 14.4. The maximum absolute atomic E-state index is 13.1. The third-order valence-electron chi connectivity index (χ3n) is 4.49. The Kier molecular flexibility index (Phi) is 6.81. The van der Waals surface area contributed by atoms with E-state index < -0.39 is 27.4 Å². The summed E-state index contributed by atoms with van der Waals surface area (Å²) in [4.78, 5) is 12.0. The summed E-state index contributed by atoms with van der Waals surface area (Å²) in [5.41, 5.74) is 2.97. The summed E-state index contributed by atoms with van der Waals surface area (Å²) in [6.07, 6.45) is 0. The van der Waals surface area contributed by atoms with Crippen LogP contribution in [0.5, 0.6) is 5.75 Å². The van der Waals surface area contributed by atoms with Gasteiger partial charge < -0.3 is 4.74 Å². The van der Waals surface area contributed by atoms with Gasteiger partial charge >= 0.3 is 0 Å². The van der Waals surface area contributed by atoms with Crippen molar-refractivity contribution in [2.45, 2.75) is 4.90 Å². The molecule has 1 unspecified atom stereocenters. The van der Waals surface area contributed by atoms with E-state index in [9.17, 15) is 17.6 Å². The van der Waals surface area contributed by atoms with E-state index in [2.05, 4.69) is 0 Å². The number of hydrogen-bond acceptors (Lipinski definition) is 5. The average molecular weight is 429 g/mol. The Hall–Kier alpha value is -3.23. The van der Waals surface area contributed by atoms with Gasteiger partial charge in [0.15, 0.2) is 9.84 Å². The fraction of sp³-hybridized carbons (Fsp3) is 0.136. The number of nitrogens with one attached hydrogen (secondary N) is 1. The molecule has 1 atom stereocenters. The number of rotatable bonds is 8. The van der Waals surface area contributed by atoms with Crippen LogP contribution in [0.25, 0.3) is 11.1 Å². The number of amides is 1. The monoisotopic (exact) mass is 429 g/mol. The highest BCUT2D eigenvalue weighted by atomic mass is 32.2. The molecule has 2 N–H and O–H groups in total. The second-order valence-corrected chi connectivity index (χ2v) is 8.64. The van der Waals surface area contributed by atoms with E-state index in [1.54, 1.807) is 54.6 Å². The number of carbonyl (C=O) groups is 1. The summed E-state index contributed by atoms with van der Waals surface area (Å²) >= 11 is 0. The van der Waals surface area contributed by atoms with Crippen LogP contribution in [0.1, 0.15) is 0 Å². The molecular weight excluding hydrogens is 409 g/mol. The van der Waals surface area contributed by atoms with E-state index in [1.807, 2.05) is 0 Å². The molecule has 0 aliphatic rings. The van der Waals surface area contributed by atoms with Gasteiger partial charge in [-0.1, -0.05) is 42.5 Å². The van der Waals surface area contributed by atoms with Crippen LogP contribution in [0.3, 0.4) is 0 Å². The highest BCUT2D eigenvalue weighted by Crippen LogP contribution is 2.23. The zero-order valence-electron chi connectivity index (χ0n) is 15.9. The van der Waals surface area contributed by atoms with E-state index in [-0.39, 0.29) is 17.3 Å². The fourth-order valence-electron chi connectivity index (χ4n) is 2.86. The zero-order chi connectivity index (χ0) is 21.6. The van der Waals surface area contributed by atoms with Gasteiger partial charge in [-0.2, -0.15) is 0 Å². The largest absolute Gasteiger partial charge is 0.493 e. The van der Waals surface area contributed by atoms with Crippen LogP contribution in [-0.4, -0.2) is 31.9 Å². The molecule has 0 aliphatic heterocycles. The number of carbonyl (C=O) groups excluding carboxylic acids is 1. The highest BCUT2D eigenvalue weighted by molar-refractivity contribution is 7.91. The predicted octanol–water partition coefficient (Wildman–Crippen LogP) is 3.47. The van der Waals surface area contributed by atoms with Crippen molar-refractivity contribution in [1.82, 2.24) is 5.48 Å². The molecule has 8 heteroatoms. The normalized spacial score (nSPS) is 12.2. The first-order valence-corrected chi connectivity index (χ1v) is 10.7. The number of para-hydroxylation sites is 1. The summed E-state index contributed by atoms with van der Waals surface area (Å²) in [7, 11) is -3.84. The summed E-state index contributed by atoms with van der Waals surface area (Å²) in [6.45, 7) is -0.219. The lowest BCUT2D eigenvalue weighted by Crippen LogP contribution is -2.36. The molecular formula is C22H20FNO5S. The maximum atomic E-state index is 13.1. The molecule has 1 amide bonds. The Morgan fingerprint density at radius 2 is 1.50 bits per heavy atom. The first kappa shape index (κ1) is 21.5. The Labute approximate surface area is 173 Å². The number of hydroxylamine groups is 1. The Morgan fingerprint density at radius 1 is 0.933 bits per heavy atom. The Balaban J connectivity index is 1.74. The lowest BCUT2D eigenvalue weighted by atomic mass is 10.1. The molecule has 0 heterocycles. The summed E-state index contributed by atoms with van der Waals surface area (Å²) in [5.74, 6) is -2.38. The molecule has 0 radical (unpaired) electrons. The molecule has 3 aromatic rings. The van der Waals surface area contributed by atoms with Crippen molar-refractivity contribution >= 4 is 15.7 Å². The molecule has 0 aromatic heterocycles. The van der Waals surface area contributed by atoms with Gasteiger partial charge in [0, 0.05) is 0 Å². The minimum absolute atomic E-state index is 0.0313. The summed E-state index contributed by atoms with van der Waals surface area (Å²) in [5, 5.41) is 8.98. The molecule has 156 valence electrons. The first-order valence-electron chi connectivity index (χ1n) is 9.09. The lowest BCUT2D eigenvalue weighted by Gasteiger charge is -2.16. The van der Waals surface area contributed by atoms with Crippen molar-refractivity contribution in [3.8, 4) is 16.9 Å². The van der Waals surface area contributed by atoms with Gasteiger partial charge in [-0.3, -0.25) is 10.0 Å². The van der Waals surface area contributed by atoms with Crippen molar-refractivity contribution in [3.05, 3.63) is 84.7 Å². The molecule has 30 heavy (non-hydrogen) atoms. The molecule has 6 nitrogen and oxygen atoms in total.